The van der Waals surface area contributed by atoms with Crippen molar-refractivity contribution in [1.82, 2.24) is 10.3 Å². The molecular weight excluding hydrogens is 285 g/mol. The van der Waals surface area contributed by atoms with E-state index in [4.69, 9.17) is 22.1 Å². The first kappa shape index (κ1) is 16.7. The van der Waals surface area contributed by atoms with Crippen LogP contribution in [-0.4, -0.2) is 29.8 Å². The zero-order chi connectivity index (χ0) is 15.3. The van der Waals surface area contributed by atoms with Gasteiger partial charge in [-0.25, -0.2) is 9.78 Å². The lowest BCUT2D eigenvalue weighted by atomic mass is 10.0. The minimum atomic E-state index is -0.643. The van der Waals surface area contributed by atoms with Gasteiger partial charge in [0.05, 0.1) is 5.02 Å². The van der Waals surface area contributed by atoms with Gasteiger partial charge in [-0.1, -0.05) is 11.6 Å². The van der Waals surface area contributed by atoms with Gasteiger partial charge in [0.1, 0.15) is 5.60 Å². The number of aromatic nitrogens is 1. The number of hydrogen-bond donors (Lipinski definition) is 2. The summed E-state index contributed by atoms with van der Waals surface area (Å²) in [5.41, 5.74) is 5.29. The topological polar surface area (TPSA) is 77.2 Å². The van der Waals surface area contributed by atoms with Crippen molar-refractivity contribution in [2.45, 2.75) is 32.3 Å². The Bertz CT molecular complexity index is 477. The number of carbonyl (C=O) groups excluding carboxylic acids is 1. The molecule has 0 saturated heterocycles. The summed E-state index contributed by atoms with van der Waals surface area (Å²) < 4.78 is 18.7. The molecule has 1 heterocycles. The van der Waals surface area contributed by atoms with Crippen molar-refractivity contribution in [3.05, 3.63) is 28.8 Å². The van der Waals surface area contributed by atoms with E-state index >= 15 is 0 Å². The summed E-state index contributed by atoms with van der Waals surface area (Å²) in [6.07, 6.45) is 0.640. The largest absolute Gasteiger partial charge is 0.444 e. The highest BCUT2D eigenvalue weighted by Gasteiger charge is 2.20. The number of amides is 1. The van der Waals surface area contributed by atoms with Crippen LogP contribution >= 0.6 is 11.6 Å². The number of hydrogen-bond acceptors (Lipinski definition) is 4. The molecule has 0 fully saturated rings. The monoisotopic (exact) mass is 303 g/mol. The van der Waals surface area contributed by atoms with E-state index in [9.17, 15) is 9.18 Å². The van der Waals surface area contributed by atoms with Crippen molar-refractivity contribution in [2.24, 2.45) is 5.73 Å². The van der Waals surface area contributed by atoms with E-state index in [-0.39, 0.29) is 18.7 Å². The van der Waals surface area contributed by atoms with E-state index in [0.29, 0.717) is 5.02 Å². The van der Waals surface area contributed by atoms with Crippen LogP contribution in [0.3, 0.4) is 0 Å². The van der Waals surface area contributed by atoms with Gasteiger partial charge < -0.3 is 15.8 Å². The van der Waals surface area contributed by atoms with Gasteiger partial charge in [0.2, 0.25) is 5.95 Å². The fourth-order valence-corrected chi connectivity index (χ4v) is 1.73. The molecule has 1 aromatic rings. The summed E-state index contributed by atoms with van der Waals surface area (Å²) >= 11 is 5.79. The second-order valence-electron chi connectivity index (χ2n) is 5.35. The first-order chi connectivity index (χ1) is 9.23. The minimum absolute atomic E-state index is 0.143. The number of alkyl carbamates (subject to hydrolysis) is 1. The standard InChI is InChI=1S/C13H19ClFN3O2/c1-13(2,3)20-12(19)18-6-8(5-16)10-4-9(14)7-17-11(10)15/h4,7-8H,5-6,16H2,1-3H3,(H,18,19). The fourth-order valence-electron chi connectivity index (χ4n) is 1.57. The maximum absolute atomic E-state index is 13.6. The molecule has 1 amide bonds. The second-order valence-corrected chi connectivity index (χ2v) is 5.79. The van der Waals surface area contributed by atoms with Gasteiger partial charge in [-0.05, 0) is 26.8 Å². The maximum atomic E-state index is 13.6. The molecule has 0 aromatic carbocycles. The Morgan fingerprint density at radius 1 is 1.60 bits per heavy atom. The normalized spacial score (nSPS) is 12.9. The summed E-state index contributed by atoms with van der Waals surface area (Å²) in [5.74, 6) is -1.07. The van der Waals surface area contributed by atoms with Crippen LogP contribution in [0, 0.1) is 5.95 Å². The summed E-state index contributed by atoms with van der Waals surface area (Å²) in [4.78, 5) is 15.1. The molecule has 0 aliphatic heterocycles. The van der Waals surface area contributed by atoms with E-state index in [1.54, 1.807) is 20.8 Å². The number of rotatable bonds is 4. The molecule has 1 rings (SSSR count). The van der Waals surface area contributed by atoms with Crippen molar-refractivity contribution in [1.29, 1.82) is 0 Å². The van der Waals surface area contributed by atoms with Crippen molar-refractivity contribution in [3.63, 3.8) is 0 Å². The molecule has 0 radical (unpaired) electrons. The van der Waals surface area contributed by atoms with E-state index in [0.717, 1.165) is 0 Å². The van der Waals surface area contributed by atoms with Gasteiger partial charge in [0.15, 0.2) is 0 Å². The van der Waals surface area contributed by atoms with Gasteiger partial charge in [-0.15, -0.1) is 0 Å². The number of nitrogens with zero attached hydrogens (tertiary/aromatic N) is 1. The summed E-state index contributed by atoms with van der Waals surface area (Å²) in [7, 11) is 0. The SMILES string of the molecule is CC(C)(C)OC(=O)NCC(CN)c1cc(Cl)cnc1F. The highest BCUT2D eigenvalue weighted by Crippen LogP contribution is 2.20. The summed E-state index contributed by atoms with van der Waals surface area (Å²) in [6.45, 7) is 5.56. The summed E-state index contributed by atoms with van der Waals surface area (Å²) in [6, 6.07) is 1.46. The van der Waals surface area contributed by atoms with Crippen molar-refractivity contribution in [3.8, 4) is 0 Å². The third kappa shape index (κ3) is 5.30. The Hall–Kier alpha value is -1.40. The third-order valence-electron chi connectivity index (χ3n) is 2.45. The Morgan fingerprint density at radius 2 is 2.25 bits per heavy atom. The molecule has 0 bridgehead atoms. The van der Waals surface area contributed by atoms with Crippen molar-refractivity contribution in [2.75, 3.05) is 13.1 Å². The van der Waals surface area contributed by atoms with E-state index in [1.165, 1.54) is 12.3 Å². The van der Waals surface area contributed by atoms with Gasteiger partial charge in [-0.2, -0.15) is 4.39 Å². The number of halogens is 2. The molecule has 1 unspecified atom stereocenters. The lowest BCUT2D eigenvalue weighted by molar-refractivity contribution is 0.0524. The highest BCUT2D eigenvalue weighted by atomic mass is 35.5. The van der Waals surface area contributed by atoms with Crippen LogP contribution in [0.4, 0.5) is 9.18 Å². The van der Waals surface area contributed by atoms with Crippen molar-refractivity contribution < 1.29 is 13.9 Å². The Kier molecular flexibility index (Phi) is 5.71. The van der Waals surface area contributed by atoms with Gasteiger partial charge in [-0.3, -0.25) is 0 Å². The van der Waals surface area contributed by atoms with Crippen LogP contribution in [0.25, 0.3) is 0 Å². The summed E-state index contributed by atoms with van der Waals surface area (Å²) in [5, 5.41) is 2.87. The first-order valence-electron chi connectivity index (χ1n) is 6.21. The quantitative estimate of drug-likeness (QED) is 0.838. The molecule has 112 valence electrons. The van der Waals surface area contributed by atoms with Crippen molar-refractivity contribution >= 4 is 17.7 Å². The average molecular weight is 304 g/mol. The molecule has 7 heteroatoms. The zero-order valence-electron chi connectivity index (χ0n) is 11.7. The van der Waals surface area contributed by atoms with E-state index in [1.807, 2.05) is 0 Å². The molecular formula is C13H19ClFN3O2. The van der Waals surface area contributed by atoms with Crippen LogP contribution in [-0.2, 0) is 4.74 Å². The predicted octanol–water partition coefficient (Wildman–Crippen LogP) is 2.44. The number of nitrogens with two attached hydrogens (primary N) is 1. The fraction of sp³-hybridized carbons (Fsp3) is 0.538. The van der Waals surface area contributed by atoms with E-state index in [2.05, 4.69) is 10.3 Å². The molecule has 1 atom stereocenters. The zero-order valence-corrected chi connectivity index (χ0v) is 12.5. The number of nitrogens with one attached hydrogen (secondary N) is 1. The Balaban J connectivity index is 2.68. The molecule has 3 N–H and O–H groups in total. The minimum Gasteiger partial charge on any atom is -0.444 e. The number of pyridine rings is 1. The molecule has 0 saturated carbocycles. The highest BCUT2D eigenvalue weighted by molar-refractivity contribution is 6.30. The van der Waals surface area contributed by atoms with Crippen LogP contribution < -0.4 is 11.1 Å². The average Bonchev–Trinajstić information content (AvgIpc) is 2.32. The van der Waals surface area contributed by atoms with Gasteiger partial charge in [0, 0.05) is 30.8 Å². The smallest absolute Gasteiger partial charge is 0.407 e. The lowest BCUT2D eigenvalue weighted by Crippen LogP contribution is -2.36. The predicted molar refractivity (Wildman–Crippen MR) is 75.2 cm³/mol. The van der Waals surface area contributed by atoms with Crippen LogP contribution in [0.1, 0.15) is 32.3 Å². The molecule has 20 heavy (non-hydrogen) atoms. The third-order valence-corrected chi connectivity index (χ3v) is 2.66. The maximum Gasteiger partial charge on any atom is 0.407 e. The molecule has 0 aliphatic rings. The van der Waals surface area contributed by atoms with Crippen LogP contribution in [0.2, 0.25) is 5.02 Å². The van der Waals surface area contributed by atoms with Crippen LogP contribution in [0.15, 0.2) is 12.3 Å². The van der Waals surface area contributed by atoms with E-state index < -0.39 is 23.6 Å². The molecule has 1 aromatic heterocycles. The number of ether oxygens (including phenoxy) is 1. The van der Waals surface area contributed by atoms with Gasteiger partial charge in [0.25, 0.3) is 0 Å². The Morgan fingerprint density at radius 3 is 2.80 bits per heavy atom. The first-order valence-corrected chi connectivity index (χ1v) is 6.58. The number of carbonyl (C=O) groups is 1. The Labute approximate surface area is 122 Å². The van der Waals surface area contributed by atoms with Crippen LogP contribution in [0.5, 0.6) is 0 Å². The molecule has 0 spiro atoms. The lowest BCUT2D eigenvalue weighted by Gasteiger charge is -2.21. The second kappa shape index (κ2) is 6.85. The molecule has 5 nitrogen and oxygen atoms in total. The molecule has 0 aliphatic carbocycles. The van der Waals surface area contributed by atoms with Gasteiger partial charge >= 0.3 is 6.09 Å².